The van der Waals surface area contributed by atoms with E-state index < -0.39 is 0 Å². The maximum Gasteiger partial charge on any atom is 0.108 e. The molecule has 0 radical (unpaired) electrons. The molecule has 1 aromatic heterocycles. The van der Waals surface area contributed by atoms with Crippen LogP contribution in [0.15, 0.2) is 163 Å². The van der Waals surface area contributed by atoms with E-state index in [9.17, 15) is 0 Å². The quantitative estimate of drug-likeness (QED) is 0.122. The van der Waals surface area contributed by atoms with Crippen LogP contribution in [0.1, 0.15) is 5.56 Å². The molecule has 6 aromatic carbocycles. The Bertz CT molecular complexity index is 2290. The minimum absolute atomic E-state index is 0.352. The molecule has 45 heavy (non-hydrogen) atoms. The van der Waals surface area contributed by atoms with Crippen LogP contribution in [0.5, 0.6) is 0 Å². The normalized spacial score (nSPS) is 13.9. The van der Waals surface area contributed by atoms with E-state index in [-0.39, 0.29) is 0 Å². The largest absolute Gasteiger partial charge is 0.299 e. The Morgan fingerprint density at radius 3 is 1.82 bits per heavy atom. The molecule has 1 aliphatic rings. The van der Waals surface area contributed by atoms with Crippen molar-refractivity contribution in [2.24, 2.45) is 5.10 Å². The second-order valence-corrected chi connectivity index (χ2v) is 11.2. The van der Waals surface area contributed by atoms with Gasteiger partial charge in [0.2, 0.25) is 0 Å². The Labute approximate surface area is 261 Å². The summed E-state index contributed by atoms with van der Waals surface area (Å²) >= 11 is 0. The van der Waals surface area contributed by atoms with E-state index in [1.54, 1.807) is 12.4 Å². The summed E-state index contributed by atoms with van der Waals surface area (Å²) in [6, 6.07) is 45.0. The van der Waals surface area contributed by atoms with Gasteiger partial charge in [0.1, 0.15) is 5.71 Å². The number of pyridine rings is 1. The average Bonchev–Trinajstić information content (AvgIpc) is 3.10. The average molecular weight is 577 g/mol. The number of aromatic nitrogens is 1. The first-order chi connectivity index (χ1) is 22.2. The SMILES string of the molecule is N=C1C=C(c2cccnc2)C=C/C1=N/Nc1ccc(-c2c3ccccc3c(-c3ccc4ccccc4c3)c3ccccc23)cc1. The Balaban J connectivity index is 1.16. The van der Waals surface area contributed by atoms with Gasteiger partial charge >= 0.3 is 0 Å². The molecule has 1 aliphatic carbocycles. The molecule has 0 bridgehead atoms. The first-order valence-electron chi connectivity index (χ1n) is 15.0. The van der Waals surface area contributed by atoms with E-state index in [1.165, 1.54) is 49.0 Å². The minimum atomic E-state index is 0.352. The molecule has 0 atom stereocenters. The maximum absolute atomic E-state index is 8.49. The number of nitrogens with one attached hydrogen (secondary N) is 2. The standard InChI is InChI=1S/C41H28N4/c42-38-25-30(32-10-7-23-43-26-32)19-22-39(38)45-44-33-20-17-28(18-21-33)40-34-11-3-5-13-36(34)41(37-14-6-4-12-35(37)40)31-16-15-27-8-1-2-9-29(27)24-31/h1-26,42,44H/b42-38?,45-39-. The van der Waals surface area contributed by atoms with Crippen molar-refractivity contribution in [3.8, 4) is 22.3 Å². The number of fused-ring (bicyclic) bond motifs is 3. The fraction of sp³-hybridized carbons (Fsp3) is 0. The monoisotopic (exact) mass is 576 g/mol. The van der Waals surface area contributed by atoms with E-state index in [0.29, 0.717) is 11.4 Å². The molecular weight excluding hydrogens is 548 g/mol. The molecule has 0 saturated heterocycles. The summed E-state index contributed by atoms with van der Waals surface area (Å²) in [5, 5.41) is 20.4. The number of hydrazone groups is 1. The highest BCUT2D eigenvalue weighted by atomic mass is 15.3. The maximum atomic E-state index is 8.49. The molecule has 0 spiro atoms. The Morgan fingerprint density at radius 1 is 0.556 bits per heavy atom. The van der Waals surface area contributed by atoms with Crippen LogP contribution in [0, 0.1) is 5.41 Å². The van der Waals surface area contributed by atoms with Gasteiger partial charge in [-0.05, 0) is 96.6 Å². The van der Waals surface area contributed by atoms with E-state index in [1.807, 2.05) is 42.5 Å². The van der Waals surface area contributed by atoms with Gasteiger partial charge < -0.3 is 0 Å². The van der Waals surface area contributed by atoms with Crippen LogP contribution < -0.4 is 5.43 Å². The van der Waals surface area contributed by atoms with Crippen molar-refractivity contribution >= 4 is 55.0 Å². The number of anilines is 1. The van der Waals surface area contributed by atoms with Crippen molar-refractivity contribution in [1.29, 1.82) is 5.41 Å². The highest BCUT2D eigenvalue weighted by Crippen LogP contribution is 2.44. The first-order valence-corrected chi connectivity index (χ1v) is 15.0. The summed E-state index contributed by atoms with van der Waals surface area (Å²) in [4.78, 5) is 4.18. The van der Waals surface area contributed by atoms with Gasteiger partial charge in [-0.2, -0.15) is 5.10 Å². The van der Waals surface area contributed by atoms with Crippen LogP contribution in [-0.4, -0.2) is 16.4 Å². The molecule has 0 aliphatic heterocycles. The lowest BCUT2D eigenvalue weighted by Gasteiger charge is -2.18. The molecule has 1 heterocycles. The van der Waals surface area contributed by atoms with Gasteiger partial charge in [0.25, 0.3) is 0 Å². The smallest absolute Gasteiger partial charge is 0.108 e. The van der Waals surface area contributed by atoms with E-state index >= 15 is 0 Å². The van der Waals surface area contributed by atoms with E-state index in [4.69, 9.17) is 5.41 Å². The fourth-order valence-corrected chi connectivity index (χ4v) is 6.28. The highest BCUT2D eigenvalue weighted by Gasteiger charge is 2.17. The molecule has 8 rings (SSSR count). The predicted molar refractivity (Wildman–Crippen MR) is 190 cm³/mol. The van der Waals surface area contributed by atoms with Gasteiger partial charge in [-0.3, -0.25) is 15.8 Å². The van der Waals surface area contributed by atoms with Crippen molar-refractivity contribution in [1.82, 2.24) is 4.98 Å². The van der Waals surface area contributed by atoms with Crippen molar-refractivity contribution in [2.45, 2.75) is 0 Å². The van der Waals surface area contributed by atoms with Gasteiger partial charge in [-0.25, -0.2) is 0 Å². The summed E-state index contributed by atoms with van der Waals surface area (Å²) in [6.45, 7) is 0. The third-order valence-electron chi connectivity index (χ3n) is 8.44. The lowest BCUT2D eigenvalue weighted by molar-refractivity contribution is 1.31. The first kappa shape index (κ1) is 26.5. The minimum Gasteiger partial charge on any atom is -0.299 e. The van der Waals surface area contributed by atoms with Crippen molar-refractivity contribution < 1.29 is 0 Å². The summed E-state index contributed by atoms with van der Waals surface area (Å²) in [5.74, 6) is 0. The van der Waals surface area contributed by atoms with Crippen LogP contribution in [0.4, 0.5) is 5.69 Å². The molecule has 0 fully saturated rings. The zero-order valence-electron chi connectivity index (χ0n) is 24.4. The summed E-state index contributed by atoms with van der Waals surface area (Å²) in [6.07, 6.45) is 9.20. The fourth-order valence-electron chi connectivity index (χ4n) is 6.28. The molecule has 4 heteroatoms. The Kier molecular flexibility index (Phi) is 6.58. The van der Waals surface area contributed by atoms with Crippen LogP contribution in [0.2, 0.25) is 0 Å². The number of rotatable bonds is 5. The van der Waals surface area contributed by atoms with Gasteiger partial charge in [-0.15, -0.1) is 0 Å². The molecule has 0 unspecified atom stereocenters. The van der Waals surface area contributed by atoms with Crippen molar-refractivity contribution in [3.05, 3.63) is 164 Å². The summed E-state index contributed by atoms with van der Waals surface area (Å²) in [5.41, 5.74) is 11.7. The van der Waals surface area contributed by atoms with Gasteiger partial charge in [0, 0.05) is 18.0 Å². The third kappa shape index (κ3) is 4.89. The second-order valence-electron chi connectivity index (χ2n) is 11.2. The highest BCUT2D eigenvalue weighted by molar-refractivity contribution is 6.51. The zero-order chi connectivity index (χ0) is 30.2. The lowest BCUT2D eigenvalue weighted by Crippen LogP contribution is -2.13. The number of benzene rings is 6. The van der Waals surface area contributed by atoms with Gasteiger partial charge in [-0.1, -0.05) is 109 Å². The van der Waals surface area contributed by atoms with Crippen molar-refractivity contribution in [2.75, 3.05) is 5.43 Å². The second kappa shape index (κ2) is 11.2. The third-order valence-corrected chi connectivity index (χ3v) is 8.44. The Hall–Kier alpha value is -6.13. The molecule has 212 valence electrons. The summed E-state index contributed by atoms with van der Waals surface area (Å²) in [7, 11) is 0. The number of nitrogens with zero attached hydrogens (tertiary/aromatic N) is 2. The molecule has 0 saturated carbocycles. The van der Waals surface area contributed by atoms with Gasteiger partial charge in [0.15, 0.2) is 0 Å². The number of allylic oxidation sites excluding steroid dienone is 4. The van der Waals surface area contributed by atoms with E-state index in [2.05, 4.69) is 119 Å². The van der Waals surface area contributed by atoms with Gasteiger partial charge in [0.05, 0.1) is 11.4 Å². The molecule has 2 N–H and O–H groups in total. The lowest BCUT2D eigenvalue weighted by atomic mass is 9.85. The van der Waals surface area contributed by atoms with Crippen molar-refractivity contribution in [3.63, 3.8) is 0 Å². The van der Waals surface area contributed by atoms with Crippen LogP contribution in [0.3, 0.4) is 0 Å². The zero-order valence-corrected chi connectivity index (χ0v) is 24.4. The number of hydrogen-bond acceptors (Lipinski definition) is 4. The molecule has 0 amide bonds. The van der Waals surface area contributed by atoms with E-state index in [0.717, 1.165) is 22.4 Å². The van der Waals surface area contributed by atoms with Crippen LogP contribution in [0.25, 0.3) is 60.1 Å². The Morgan fingerprint density at radius 2 is 1.18 bits per heavy atom. The van der Waals surface area contributed by atoms with Crippen LogP contribution in [-0.2, 0) is 0 Å². The predicted octanol–water partition coefficient (Wildman–Crippen LogP) is 10.3. The topological polar surface area (TPSA) is 61.1 Å². The molecular formula is C41H28N4. The van der Waals surface area contributed by atoms with Crippen LogP contribution >= 0.6 is 0 Å². The summed E-state index contributed by atoms with van der Waals surface area (Å²) < 4.78 is 0. The molecule has 4 nitrogen and oxygen atoms in total. The number of hydrogen-bond donors (Lipinski definition) is 2. The molecule has 7 aromatic rings.